The summed E-state index contributed by atoms with van der Waals surface area (Å²) in [7, 11) is 0. The lowest BCUT2D eigenvalue weighted by Crippen LogP contribution is -2.01. The number of para-hydroxylation sites is 2. The minimum absolute atomic E-state index is 0.239. The zero-order valence-electron chi connectivity index (χ0n) is 13.8. The number of anilines is 2. The van der Waals surface area contributed by atoms with E-state index >= 15 is 0 Å². The van der Waals surface area contributed by atoms with E-state index in [9.17, 15) is 4.79 Å². The lowest BCUT2D eigenvalue weighted by molar-refractivity contribution is 0.0697. The van der Waals surface area contributed by atoms with Crippen LogP contribution in [-0.4, -0.2) is 21.0 Å². The molecule has 0 aliphatic heterocycles. The highest BCUT2D eigenvalue weighted by molar-refractivity contribution is 5.89. The van der Waals surface area contributed by atoms with Gasteiger partial charge in [-0.05, 0) is 36.4 Å². The molecule has 2 N–H and O–H groups in total. The molecule has 26 heavy (non-hydrogen) atoms. The fourth-order valence-corrected chi connectivity index (χ4v) is 2.72. The monoisotopic (exact) mass is 341 g/mol. The maximum Gasteiger partial charge on any atom is 0.335 e. The fraction of sp³-hybridized carbons (Fsp3) is 0. The van der Waals surface area contributed by atoms with Crippen LogP contribution >= 0.6 is 0 Å². The van der Waals surface area contributed by atoms with Gasteiger partial charge in [-0.2, -0.15) is 0 Å². The minimum Gasteiger partial charge on any atom is -0.478 e. The predicted molar refractivity (Wildman–Crippen MR) is 102 cm³/mol. The van der Waals surface area contributed by atoms with Crippen molar-refractivity contribution in [3.05, 3.63) is 84.4 Å². The summed E-state index contributed by atoms with van der Waals surface area (Å²) < 4.78 is 0. The minimum atomic E-state index is -0.952. The van der Waals surface area contributed by atoms with Gasteiger partial charge in [-0.3, -0.25) is 0 Å². The molecule has 0 radical (unpaired) electrons. The number of carboxylic acids is 1. The maximum atomic E-state index is 11.0. The Bertz CT molecular complexity index is 1080. The fourth-order valence-electron chi connectivity index (χ4n) is 2.72. The molecular formula is C21H15N3O2. The summed E-state index contributed by atoms with van der Waals surface area (Å²) in [5, 5.41) is 12.3. The number of nitrogens with one attached hydrogen (secondary N) is 1. The van der Waals surface area contributed by atoms with Gasteiger partial charge in [0.15, 0.2) is 5.82 Å². The van der Waals surface area contributed by atoms with E-state index < -0.39 is 5.97 Å². The summed E-state index contributed by atoms with van der Waals surface area (Å²) in [5.41, 5.74) is 4.29. The number of carboxylic acid groups (broad SMARTS) is 1. The first-order valence-corrected chi connectivity index (χ1v) is 8.13. The summed E-state index contributed by atoms with van der Waals surface area (Å²) in [6.45, 7) is 0. The van der Waals surface area contributed by atoms with Gasteiger partial charge in [0.25, 0.3) is 0 Å². The van der Waals surface area contributed by atoms with Crippen molar-refractivity contribution in [3.8, 4) is 11.3 Å². The van der Waals surface area contributed by atoms with Crippen molar-refractivity contribution in [2.75, 3.05) is 5.32 Å². The second-order valence-corrected chi connectivity index (χ2v) is 5.78. The molecular weight excluding hydrogens is 326 g/mol. The molecule has 0 bridgehead atoms. The van der Waals surface area contributed by atoms with Crippen LogP contribution in [0.5, 0.6) is 0 Å². The zero-order chi connectivity index (χ0) is 17.9. The number of hydrogen-bond donors (Lipinski definition) is 2. The zero-order valence-corrected chi connectivity index (χ0v) is 13.8. The van der Waals surface area contributed by atoms with Crippen molar-refractivity contribution in [1.29, 1.82) is 0 Å². The molecule has 126 valence electrons. The van der Waals surface area contributed by atoms with Gasteiger partial charge in [-0.1, -0.05) is 42.5 Å². The van der Waals surface area contributed by atoms with Crippen molar-refractivity contribution in [2.45, 2.75) is 0 Å². The molecule has 0 unspecified atom stereocenters. The molecule has 0 saturated heterocycles. The molecule has 4 rings (SSSR count). The Hall–Kier alpha value is -3.73. The standard InChI is InChI=1S/C21H15N3O2/c25-21(26)15-10-12-16(13-11-15)22-20-19(14-6-2-1-3-7-14)23-17-8-4-5-9-18(17)24-20/h1-13H,(H,22,24)(H,25,26). The molecule has 4 aromatic rings. The predicted octanol–water partition coefficient (Wildman–Crippen LogP) is 4.74. The number of aromatic nitrogens is 2. The van der Waals surface area contributed by atoms with Crippen LogP contribution in [0, 0.1) is 0 Å². The quantitative estimate of drug-likeness (QED) is 0.561. The number of carbonyl (C=O) groups is 1. The van der Waals surface area contributed by atoms with E-state index in [2.05, 4.69) is 5.32 Å². The Kier molecular flexibility index (Phi) is 4.03. The van der Waals surface area contributed by atoms with Gasteiger partial charge in [0, 0.05) is 11.3 Å². The molecule has 1 heterocycles. The molecule has 5 nitrogen and oxygen atoms in total. The third kappa shape index (κ3) is 3.10. The molecule has 0 saturated carbocycles. The summed E-state index contributed by atoms with van der Waals surface area (Å²) in [6, 6.07) is 24.1. The van der Waals surface area contributed by atoms with Crippen LogP contribution in [-0.2, 0) is 0 Å². The van der Waals surface area contributed by atoms with Gasteiger partial charge in [-0.25, -0.2) is 14.8 Å². The van der Waals surface area contributed by atoms with E-state index in [1.807, 2.05) is 54.6 Å². The molecule has 0 fully saturated rings. The summed E-state index contributed by atoms with van der Waals surface area (Å²) in [6.07, 6.45) is 0. The summed E-state index contributed by atoms with van der Waals surface area (Å²) in [4.78, 5) is 20.5. The number of nitrogens with zero attached hydrogens (tertiary/aromatic N) is 2. The van der Waals surface area contributed by atoms with Crippen molar-refractivity contribution in [2.24, 2.45) is 0 Å². The molecule has 0 spiro atoms. The number of aromatic carboxylic acids is 1. The molecule has 0 atom stereocenters. The summed E-state index contributed by atoms with van der Waals surface area (Å²) in [5.74, 6) is -0.329. The highest BCUT2D eigenvalue weighted by Gasteiger charge is 2.11. The van der Waals surface area contributed by atoms with Crippen LogP contribution in [0.15, 0.2) is 78.9 Å². The Morgan fingerprint density at radius 1 is 0.769 bits per heavy atom. The highest BCUT2D eigenvalue weighted by Crippen LogP contribution is 2.29. The number of fused-ring (bicyclic) bond motifs is 1. The first-order chi connectivity index (χ1) is 12.7. The van der Waals surface area contributed by atoms with Gasteiger partial charge in [0.05, 0.1) is 16.6 Å². The van der Waals surface area contributed by atoms with Crippen LogP contribution in [0.2, 0.25) is 0 Å². The lowest BCUT2D eigenvalue weighted by Gasteiger charge is -2.12. The van der Waals surface area contributed by atoms with E-state index in [1.54, 1.807) is 24.3 Å². The van der Waals surface area contributed by atoms with Gasteiger partial charge in [0.2, 0.25) is 0 Å². The van der Waals surface area contributed by atoms with Crippen molar-refractivity contribution in [3.63, 3.8) is 0 Å². The second-order valence-electron chi connectivity index (χ2n) is 5.78. The topological polar surface area (TPSA) is 75.1 Å². The van der Waals surface area contributed by atoms with Crippen LogP contribution in [0.3, 0.4) is 0 Å². The smallest absolute Gasteiger partial charge is 0.335 e. The van der Waals surface area contributed by atoms with Crippen molar-refractivity contribution in [1.82, 2.24) is 9.97 Å². The molecule has 0 aliphatic carbocycles. The highest BCUT2D eigenvalue weighted by atomic mass is 16.4. The van der Waals surface area contributed by atoms with E-state index in [0.717, 1.165) is 28.0 Å². The third-order valence-electron chi connectivity index (χ3n) is 4.01. The summed E-state index contributed by atoms with van der Waals surface area (Å²) >= 11 is 0. The molecule has 3 aromatic carbocycles. The van der Waals surface area contributed by atoms with E-state index in [1.165, 1.54) is 0 Å². The number of rotatable bonds is 4. The number of benzene rings is 3. The van der Waals surface area contributed by atoms with Crippen LogP contribution in [0.25, 0.3) is 22.3 Å². The van der Waals surface area contributed by atoms with Crippen molar-refractivity contribution >= 4 is 28.5 Å². The van der Waals surface area contributed by atoms with Crippen molar-refractivity contribution < 1.29 is 9.90 Å². The van der Waals surface area contributed by atoms with Gasteiger partial charge < -0.3 is 10.4 Å². The average Bonchev–Trinajstić information content (AvgIpc) is 2.68. The molecule has 0 aliphatic rings. The lowest BCUT2D eigenvalue weighted by atomic mass is 10.1. The molecule has 0 amide bonds. The Morgan fingerprint density at radius 2 is 1.38 bits per heavy atom. The van der Waals surface area contributed by atoms with Crippen LogP contribution in [0.1, 0.15) is 10.4 Å². The van der Waals surface area contributed by atoms with Crippen LogP contribution < -0.4 is 5.32 Å². The molecule has 1 aromatic heterocycles. The average molecular weight is 341 g/mol. The van der Waals surface area contributed by atoms with Gasteiger partial charge in [0.1, 0.15) is 5.69 Å². The number of hydrogen-bond acceptors (Lipinski definition) is 4. The SMILES string of the molecule is O=C(O)c1ccc(Nc2nc3ccccc3nc2-c2ccccc2)cc1. The third-order valence-corrected chi connectivity index (χ3v) is 4.01. The van der Waals surface area contributed by atoms with E-state index in [0.29, 0.717) is 5.82 Å². The maximum absolute atomic E-state index is 11.0. The Morgan fingerprint density at radius 3 is 2.04 bits per heavy atom. The van der Waals surface area contributed by atoms with Gasteiger partial charge >= 0.3 is 5.97 Å². The van der Waals surface area contributed by atoms with Gasteiger partial charge in [-0.15, -0.1) is 0 Å². The largest absolute Gasteiger partial charge is 0.478 e. The second kappa shape index (κ2) is 6.64. The Balaban J connectivity index is 1.80. The Labute approximate surface area is 150 Å². The van der Waals surface area contributed by atoms with E-state index in [4.69, 9.17) is 15.1 Å². The molecule has 5 heteroatoms. The van der Waals surface area contributed by atoms with Crippen LogP contribution in [0.4, 0.5) is 11.5 Å². The first-order valence-electron chi connectivity index (χ1n) is 8.13. The normalized spacial score (nSPS) is 10.6. The first kappa shape index (κ1) is 15.8. The van der Waals surface area contributed by atoms with E-state index in [-0.39, 0.29) is 5.56 Å².